The van der Waals surface area contributed by atoms with E-state index in [4.69, 9.17) is 23.8 Å². The molecule has 0 saturated heterocycles. The zero-order chi connectivity index (χ0) is 20.1. The summed E-state index contributed by atoms with van der Waals surface area (Å²) in [6, 6.07) is 11.2. The quantitative estimate of drug-likeness (QED) is 0.592. The summed E-state index contributed by atoms with van der Waals surface area (Å²) in [5.74, 6) is 0.240. The van der Waals surface area contributed by atoms with Crippen molar-refractivity contribution in [3.63, 3.8) is 0 Å². The molecule has 8 heteroatoms. The van der Waals surface area contributed by atoms with Crippen molar-refractivity contribution < 1.29 is 4.39 Å². The van der Waals surface area contributed by atoms with Crippen LogP contribution in [0, 0.1) is 5.82 Å². The minimum absolute atomic E-state index is 0.210. The van der Waals surface area contributed by atoms with E-state index in [-0.39, 0.29) is 11.4 Å². The fourth-order valence-electron chi connectivity index (χ4n) is 2.83. The first kappa shape index (κ1) is 20.2. The maximum absolute atomic E-state index is 13.0. The van der Waals surface area contributed by atoms with Crippen LogP contribution in [-0.4, -0.2) is 26.5 Å². The Kier molecular flexibility index (Phi) is 6.59. The molecule has 0 radical (unpaired) electrons. The fourth-order valence-corrected chi connectivity index (χ4v) is 3.23. The highest BCUT2D eigenvalue weighted by Gasteiger charge is 2.12. The van der Waals surface area contributed by atoms with E-state index in [0.717, 1.165) is 12.0 Å². The summed E-state index contributed by atoms with van der Waals surface area (Å²) in [5.41, 5.74) is 1.26. The Bertz CT molecular complexity index is 1040. The van der Waals surface area contributed by atoms with E-state index in [1.807, 2.05) is 11.8 Å². The molecule has 0 aliphatic carbocycles. The van der Waals surface area contributed by atoms with Crippen LogP contribution in [0.15, 0.2) is 47.3 Å². The molecule has 0 atom stereocenters. The average molecular weight is 419 g/mol. The zero-order valence-corrected chi connectivity index (χ0v) is 16.9. The first-order valence-corrected chi connectivity index (χ1v) is 9.70. The van der Waals surface area contributed by atoms with Crippen molar-refractivity contribution in [2.24, 2.45) is 0 Å². The minimum Gasteiger partial charge on any atom is -0.358 e. The molecule has 0 unspecified atom stereocenters. The lowest BCUT2D eigenvalue weighted by Crippen LogP contribution is -2.40. The monoisotopic (exact) mass is 418 g/mol. The molecule has 1 heterocycles. The summed E-state index contributed by atoms with van der Waals surface area (Å²) >= 11 is 11.5. The number of H-pyrrole nitrogens is 1. The van der Waals surface area contributed by atoms with Crippen LogP contribution >= 0.6 is 23.8 Å². The smallest absolute Gasteiger partial charge is 0.258 e. The predicted octanol–water partition coefficient (Wildman–Crippen LogP) is 4.00. The molecule has 0 spiro atoms. The molecule has 2 N–H and O–H groups in total. The lowest BCUT2D eigenvalue weighted by Gasteiger charge is -2.25. The van der Waals surface area contributed by atoms with E-state index in [0.29, 0.717) is 46.5 Å². The molecule has 0 aliphatic rings. The summed E-state index contributed by atoms with van der Waals surface area (Å²) < 4.78 is 13.0. The molecule has 1 aromatic heterocycles. The first-order chi connectivity index (χ1) is 13.5. The third kappa shape index (κ3) is 5.05. The molecular weight excluding hydrogens is 399 g/mol. The zero-order valence-electron chi connectivity index (χ0n) is 15.3. The lowest BCUT2D eigenvalue weighted by molar-refractivity contribution is 0.394. The second-order valence-electron chi connectivity index (χ2n) is 6.38. The van der Waals surface area contributed by atoms with Crippen molar-refractivity contribution >= 4 is 39.8 Å². The topological polar surface area (TPSA) is 61.0 Å². The Morgan fingerprint density at radius 1 is 1.29 bits per heavy atom. The standard InChI is InChI=1S/C20H20ClFN4OS/c1-2-9-26(20(28)23-11-13-3-6-15(22)7-4-13)12-18-24-17-10-14(21)5-8-16(17)19(27)25-18/h3-8,10H,2,9,11-12H2,1H3,(H,23,28)(H,24,25,27). The predicted molar refractivity (Wildman–Crippen MR) is 114 cm³/mol. The van der Waals surface area contributed by atoms with Gasteiger partial charge in [0, 0.05) is 18.1 Å². The summed E-state index contributed by atoms with van der Waals surface area (Å²) in [7, 11) is 0. The molecule has 2 aromatic carbocycles. The maximum Gasteiger partial charge on any atom is 0.258 e. The number of fused-ring (bicyclic) bond motifs is 1. The van der Waals surface area contributed by atoms with Gasteiger partial charge in [0.1, 0.15) is 11.6 Å². The van der Waals surface area contributed by atoms with Crippen molar-refractivity contribution in [3.05, 3.63) is 75.0 Å². The van der Waals surface area contributed by atoms with Gasteiger partial charge in [0.2, 0.25) is 0 Å². The first-order valence-electron chi connectivity index (χ1n) is 8.92. The number of nitrogens with zero attached hydrogens (tertiary/aromatic N) is 2. The number of aromatic amines is 1. The van der Waals surface area contributed by atoms with Crippen molar-refractivity contribution in [3.8, 4) is 0 Å². The average Bonchev–Trinajstić information content (AvgIpc) is 2.66. The van der Waals surface area contributed by atoms with Crippen LogP contribution in [0.2, 0.25) is 5.02 Å². The van der Waals surface area contributed by atoms with E-state index in [1.165, 1.54) is 12.1 Å². The Morgan fingerprint density at radius 3 is 2.75 bits per heavy atom. The minimum atomic E-state index is -0.273. The fraction of sp³-hybridized carbons (Fsp3) is 0.250. The summed E-state index contributed by atoms with van der Waals surface area (Å²) in [5, 5.41) is 4.74. The van der Waals surface area contributed by atoms with E-state index in [9.17, 15) is 9.18 Å². The van der Waals surface area contributed by atoms with Gasteiger partial charge in [-0.15, -0.1) is 0 Å². The van der Waals surface area contributed by atoms with Gasteiger partial charge < -0.3 is 15.2 Å². The number of hydrogen-bond acceptors (Lipinski definition) is 3. The van der Waals surface area contributed by atoms with Crippen LogP contribution in [0.5, 0.6) is 0 Å². The number of aromatic nitrogens is 2. The Labute approximate surface area is 172 Å². The highest BCUT2D eigenvalue weighted by molar-refractivity contribution is 7.80. The van der Waals surface area contributed by atoms with Gasteiger partial charge in [-0.1, -0.05) is 30.7 Å². The Hall–Kier alpha value is -2.51. The van der Waals surface area contributed by atoms with Crippen molar-refractivity contribution in [1.82, 2.24) is 20.2 Å². The highest BCUT2D eigenvalue weighted by Crippen LogP contribution is 2.15. The number of rotatable bonds is 6. The van der Waals surface area contributed by atoms with E-state index in [1.54, 1.807) is 30.3 Å². The second kappa shape index (κ2) is 9.12. The second-order valence-corrected chi connectivity index (χ2v) is 7.20. The molecule has 0 bridgehead atoms. The molecule has 0 aliphatic heterocycles. The molecule has 0 saturated carbocycles. The van der Waals surface area contributed by atoms with Crippen molar-refractivity contribution in [2.75, 3.05) is 6.54 Å². The molecule has 5 nitrogen and oxygen atoms in total. The van der Waals surface area contributed by atoms with Crippen molar-refractivity contribution in [2.45, 2.75) is 26.4 Å². The molecule has 146 valence electrons. The maximum atomic E-state index is 13.0. The molecular formula is C20H20ClFN4OS. The molecule has 28 heavy (non-hydrogen) atoms. The van der Waals surface area contributed by atoms with Gasteiger partial charge in [-0.25, -0.2) is 9.37 Å². The van der Waals surface area contributed by atoms with E-state index in [2.05, 4.69) is 15.3 Å². The Morgan fingerprint density at radius 2 is 2.04 bits per heavy atom. The number of thiocarbonyl (C=S) groups is 1. The van der Waals surface area contributed by atoms with E-state index >= 15 is 0 Å². The van der Waals surface area contributed by atoms with Crippen LogP contribution in [0.3, 0.4) is 0 Å². The summed E-state index contributed by atoms with van der Waals surface area (Å²) in [6.45, 7) is 3.59. The van der Waals surface area contributed by atoms with E-state index < -0.39 is 0 Å². The van der Waals surface area contributed by atoms with Crippen molar-refractivity contribution in [1.29, 1.82) is 0 Å². The largest absolute Gasteiger partial charge is 0.358 e. The Balaban J connectivity index is 1.74. The summed E-state index contributed by atoms with van der Waals surface area (Å²) in [4.78, 5) is 21.6. The van der Waals surface area contributed by atoms with Gasteiger partial charge in [-0.3, -0.25) is 4.79 Å². The van der Waals surface area contributed by atoms with Gasteiger partial charge in [0.25, 0.3) is 5.56 Å². The molecule has 0 amide bonds. The lowest BCUT2D eigenvalue weighted by atomic mass is 10.2. The summed E-state index contributed by atoms with van der Waals surface area (Å²) in [6.07, 6.45) is 0.877. The molecule has 3 aromatic rings. The molecule has 3 rings (SSSR count). The highest BCUT2D eigenvalue weighted by atomic mass is 35.5. The van der Waals surface area contributed by atoms with Crippen LogP contribution < -0.4 is 10.9 Å². The van der Waals surface area contributed by atoms with Crippen LogP contribution in [-0.2, 0) is 13.1 Å². The molecule has 0 fully saturated rings. The van der Waals surface area contributed by atoms with Gasteiger partial charge in [0.15, 0.2) is 5.11 Å². The SMILES string of the molecule is CCCN(Cc1nc2cc(Cl)ccc2c(=O)[nH]1)C(=S)NCc1ccc(F)cc1. The van der Waals surface area contributed by atoms with Crippen LogP contribution in [0.1, 0.15) is 24.7 Å². The van der Waals surface area contributed by atoms with Gasteiger partial charge in [0.05, 0.1) is 17.4 Å². The normalized spacial score (nSPS) is 10.8. The van der Waals surface area contributed by atoms with Gasteiger partial charge in [-0.2, -0.15) is 0 Å². The third-order valence-corrected chi connectivity index (χ3v) is 4.83. The van der Waals surface area contributed by atoms with Crippen LogP contribution in [0.25, 0.3) is 10.9 Å². The number of hydrogen-bond donors (Lipinski definition) is 2. The number of halogens is 2. The van der Waals surface area contributed by atoms with Gasteiger partial charge >= 0.3 is 0 Å². The van der Waals surface area contributed by atoms with Crippen LogP contribution in [0.4, 0.5) is 4.39 Å². The van der Waals surface area contributed by atoms with Gasteiger partial charge in [-0.05, 0) is 54.5 Å². The third-order valence-electron chi connectivity index (χ3n) is 4.20. The number of benzene rings is 2. The number of nitrogens with one attached hydrogen (secondary N) is 2.